The molecule has 0 saturated heterocycles. The van der Waals surface area contributed by atoms with Gasteiger partial charge in [-0.25, -0.2) is 0 Å². The second-order valence-electron chi connectivity index (χ2n) is 3.99. The molecule has 17 heavy (non-hydrogen) atoms. The normalized spacial score (nSPS) is 10.6. The van der Waals surface area contributed by atoms with Crippen LogP contribution in [0.4, 0.5) is 5.69 Å². The Hall–Kier alpha value is -0.770. The summed E-state index contributed by atoms with van der Waals surface area (Å²) < 4.78 is 0. The maximum absolute atomic E-state index is 9.14. The number of aliphatic hydroxyl groups excluding tert-OH is 1. The molecule has 0 amide bonds. The third kappa shape index (κ3) is 3.87. The van der Waals surface area contributed by atoms with Gasteiger partial charge in [0.15, 0.2) is 0 Å². The highest BCUT2D eigenvalue weighted by molar-refractivity contribution is 6.33. The van der Waals surface area contributed by atoms with Crippen LogP contribution < -0.4 is 10.2 Å². The molecule has 1 aromatic rings. The van der Waals surface area contributed by atoms with Crippen molar-refractivity contribution in [3.63, 3.8) is 0 Å². The van der Waals surface area contributed by atoms with Crippen molar-refractivity contribution in [3.8, 4) is 0 Å². The number of hydrogen-bond acceptors (Lipinski definition) is 3. The number of para-hydroxylation sites is 1. The van der Waals surface area contributed by atoms with Gasteiger partial charge in [0.05, 0.1) is 17.3 Å². The van der Waals surface area contributed by atoms with Gasteiger partial charge in [-0.2, -0.15) is 0 Å². The molecule has 4 heteroatoms. The van der Waals surface area contributed by atoms with Crippen LogP contribution in [-0.2, 0) is 6.54 Å². The Kier molecular flexibility index (Phi) is 6.34. The first kappa shape index (κ1) is 14.3. The molecule has 0 saturated carbocycles. The molecular weight excluding hydrogens is 236 g/mol. The van der Waals surface area contributed by atoms with E-state index in [4.69, 9.17) is 16.7 Å². The summed E-state index contributed by atoms with van der Waals surface area (Å²) in [5, 5.41) is 13.0. The fourth-order valence-electron chi connectivity index (χ4n) is 1.97. The standard InChI is InChI=1S/C13H21ClN2O/c1-3-7-16(8-9-17)13-11(10-15-2)5-4-6-12(13)14/h4-6,15,17H,3,7-10H2,1-2H3. The van der Waals surface area contributed by atoms with Gasteiger partial charge in [0.25, 0.3) is 0 Å². The second-order valence-corrected chi connectivity index (χ2v) is 4.40. The Morgan fingerprint density at radius 3 is 2.71 bits per heavy atom. The largest absolute Gasteiger partial charge is 0.395 e. The highest BCUT2D eigenvalue weighted by Gasteiger charge is 2.13. The number of hydrogen-bond donors (Lipinski definition) is 2. The molecule has 3 nitrogen and oxygen atoms in total. The number of anilines is 1. The molecule has 0 bridgehead atoms. The summed E-state index contributed by atoms with van der Waals surface area (Å²) in [5.41, 5.74) is 2.21. The van der Waals surface area contributed by atoms with Crippen molar-refractivity contribution in [2.24, 2.45) is 0 Å². The Labute approximate surface area is 108 Å². The van der Waals surface area contributed by atoms with Crippen molar-refractivity contribution in [3.05, 3.63) is 28.8 Å². The average Bonchev–Trinajstić information content (AvgIpc) is 2.30. The molecule has 1 rings (SSSR count). The van der Waals surface area contributed by atoms with Crippen LogP contribution in [-0.4, -0.2) is 31.9 Å². The minimum atomic E-state index is 0.143. The minimum absolute atomic E-state index is 0.143. The molecule has 0 aliphatic heterocycles. The second kappa shape index (κ2) is 7.54. The van der Waals surface area contributed by atoms with Gasteiger partial charge in [0, 0.05) is 19.6 Å². The van der Waals surface area contributed by atoms with E-state index < -0.39 is 0 Å². The zero-order chi connectivity index (χ0) is 12.7. The smallest absolute Gasteiger partial charge is 0.0642 e. The molecule has 0 atom stereocenters. The van der Waals surface area contributed by atoms with Gasteiger partial charge in [0.1, 0.15) is 0 Å². The Balaban J connectivity index is 3.05. The Morgan fingerprint density at radius 2 is 2.12 bits per heavy atom. The van der Waals surface area contributed by atoms with Crippen molar-refractivity contribution >= 4 is 17.3 Å². The van der Waals surface area contributed by atoms with Crippen molar-refractivity contribution in [2.75, 3.05) is 31.6 Å². The predicted molar refractivity (Wildman–Crippen MR) is 73.8 cm³/mol. The maximum Gasteiger partial charge on any atom is 0.0642 e. The van der Waals surface area contributed by atoms with Crippen LogP contribution in [0.3, 0.4) is 0 Å². The summed E-state index contributed by atoms with van der Waals surface area (Å²) in [5.74, 6) is 0. The van der Waals surface area contributed by atoms with Gasteiger partial charge >= 0.3 is 0 Å². The van der Waals surface area contributed by atoms with E-state index in [2.05, 4.69) is 23.2 Å². The zero-order valence-corrected chi connectivity index (χ0v) is 11.3. The predicted octanol–water partition coefficient (Wildman–Crippen LogP) is 2.27. The van der Waals surface area contributed by atoms with E-state index in [0.29, 0.717) is 6.54 Å². The number of rotatable bonds is 7. The molecule has 0 spiro atoms. The van der Waals surface area contributed by atoms with E-state index in [0.717, 1.165) is 30.2 Å². The zero-order valence-electron chi connectivity index (χ0n) is 10.5. The lowest BCUT2D eigenvalue weighted by molar-refractivity contribution is 0.301. The van der Waals surface area contributed by atoms with Crippen LogP contribution >= 0.6 is 11.6 Å². The van der Waals surface area contributed by atoms with E-state index >= 15 is 0 Å². The molecule has 0 heterocycles. The first-order valence-electron chi connectivity index (χ1n) is 6.02. The topological polar surface area (TPSA) is 35.5 Å². The molecule has 0 aliphatic rings. The number of nitrogens with zero attached hydrogens (tertiary/aromatic N) is 1. The van der Waals surface area contributed by atoms with E-state index in [1.54, 1.807) is 0 Å². The van der Waals surface area contributed by atoms with E-state index in [-0.39, 0.29) is 6.61 Å². The quantitative estimate of drug-likeness (QED) is 0.786. The van der Waals surface area contributed by atoms with Crippen molar-refractivity contribution in [1.82, 2.24) is 5.32 Å². The number of aliphatic hydroxyl groups is 1. The van der Waals surface area contributed by atoms with Gasteiger partial charge < -0.3 is 15.3 Å². The van der Waals surface area contributed by atoms with E-state index in [1.807, 2.05) is 19.2 Å². The molecule has 0 unspecified atom stereocenters. The molecule has 0 fully saturated rings. The van der Waals surface area contributed by atoms with Crippen LogP contribution in [0.5, 0.6) is 0 Å². The number of benzene rings is 1. The third-order valence-electron chi connectivity index (χ3n) is 2.62. The number of nitrogens with one attached hydrogen (secondary N) is 1. The third-order valence-corrected chi connectivity index (χ3v) is 2.92. The SMILES string of the molecule is CCCN(CCO)c1c(Cl)cccc1CNC. The summed E-state index contributed by atoms with van der Waals surface area (Å²) in [6.45, 7) is 4.57. The molecular formula is C13H21ClN2O. The first-order valence-corrected chi connectivity index (χ1v) is 6.40. The van der Waals surface area contributed by atoms with Crippen LogP contribution in [0.1, 0.15) is 18.9 Å². The number of halogens is 1. The van der Waals surface area contributed by atoms with Gasteiger partial charge in [-0.3, -0.25) is 0 Å². The van der Waals surface area contributed by atoms with Gasteiger partial charge in [-0.15, -0.1) is 0 Å². The van der Waals surface area contributed by atoms with Crippen LogP contribution in [0.25, 0.3) is 0 Å². The minimum Gasteiger partial charge on any atom is -0.395 e. The van der Waals surface area contributed by atoms with Crippen LogP contribution in [0.2, 0.25) is 5.02 Å². The summed E-state index contributed by atoms with van der Waals surface area (Å²) in [4.78, 5) is 2.15. The average molecular weight is 257 g/mol. The molecule has 96 valence electrons. The van der Waals surface area contributed by atoms with Gasteiger partial charge in [0.2, 0.25) is 0 Å². The fourth-order valence-corrected chi connectivity index (χ4v) is 2.29. The molecule has 0 radical (unpaired) electrons. The molecule has 0 aromatic heterocycles. The first-order chi connectivity index (χ1) is 8.24. The molecule has 1 aromatic carbocycles. The molecule has 0 aliphatic carbocycles. The summed E-state index contributed by atoms with van der Waals surface area (Å²) in [7, 11) is 1.92. The summed E-state index contributed by atoms with van der Waals surface area (Å²) in [6.07, 6.45) is 1.03. The monoisotopic (exact) mass is 256 g/mol. The highest BCUT2D eigenvalue weighted by atomic mass is 35.5. The van der Waals surface area contributed by atoms with Crippen molar-refractivity contribution < 1.29 is 5.11 Å². The highest BCUT2D eigenvalue weighted by Crippen LogP contribution is 2.30. The lowest BCUT2D eigenvalue weighted by atomic mass is 10.1. The molecule has 2 N–H and O–H groups in total. The van der Waals surface area contributed by atoms with Gasteiger partial charge in [-0.1, -0.05) is 30.7 Å². The lowest BCUT2D eigenvalue weighted by Crippen LogP contribution is -2.29. The fraction of sp³-hybridized carbons (Fsp3) is 0.538. The van der Waals surface area contributed by atoms with E-state index in [1.165, 1.54) is 5.56 Å². The van der Waals surface area contributed by atoms with E-state index in [9.17, 15) is 0 Å². The van der Waals surface area contributed by atoms with Crippen molar-refractivity contribution in [2.45, 2.75) is 19.9 Å². The van der Waals surface area contributed by atoms with Crippen LogP contribution in [0, 0.1) is 0 Å². The van der Waals surface area contributed by atoms with Gasteiger partial charge in [-0.05, 0) is 25.1 Å². The summed E-state index contributed by atoms with van der Waals surface area (Å²) in [6, 6.07) is 5.93. The van der Waals surface area contributed by atoms with Crippen LogP contribution in [0.15, 0.2) is 18.2 Å². The summed E-state index contributed by atoms with van der Waals surface area (Å²) >= 11 is 6.28. The Morgan fingerprint density at radius 1 is 1.35 bits per heavy atom. The van der Waals surface area contributed by atoms with Crippen molar-refractivity contribution in [1.29, 1.82) is 0 Å². The maximum atomic E-state index is 9.14. The lowest BCUT2D eigenvalue weighted by Gasteiger charge is -2.27. The Bertz CT molecular complexity index is 338.